The molecule has 3 nitrogen and oxygen atoms in total. The first-order valence-corrected chi connectivity index (χ1v) is 4.58. The van der Waals surface area contributed by atoms with Crippen molar-refractivity contribution in [3.63, 3.8) is 0 Å². The Morgan fingerprint density at radius 2 is 2.31 bits per heavy atom. The van der Waals surface area contributed by atoms with E-state index in [2.05, 4.69) is 18.2 Å². The lowest BCUT2D eigenvalue weighted by Crippen LogP contribution is -2.36. The minimum absolute atomic E-state index is 0.133. The topological polar surface area (TPSA) is 55.1 Å². The van der Waals surface area contributed by atoms with Gasteiger partial charge in [0.05, 0.1) is 0 Å². The Balaban J connectivity index is 3.72. The van der Waals surface area contributed by atoms with E-state index in [1.165, 1.54) is 0 Å². The van der Waals surface area contributed by atoms with Gasteiger partial charge in [0.2, 0.25) is 5.91 Å². The summed E-state index contributed by atoms with van der Waals surface area (Å²) in [7, 11) is 0. The van der Waals surface area contributed by atoms with Crippen LogP contribution in [0, 0.1) is 18.3 Å². The lowest BCUT2D eigenvalue weighted by atomic mass is 10.1. The number of nitrogens with two attached hydrogens (primary N) is 1. The summed E-state index contributed by atoms with van der Waals surface area (Å²) < 4.78 is 0. The second-order valence-electron chi connectivity index (χ2n) is 3.23. The van der Waals surface area contributed by atoms with Gasteiger partial charge in [-0.2, -0.15) is 0 Å². The molecule has 0 spiro atoms. The van der Waals surface area contributed by atoms with E-state index < -0.39 is 0 Å². The Hall–Kier alpha value is -1.01. The van der Waals surface area contributed by atoms with Crippen molar-refractivity contribution in [1.82, 2.24) is 5.32 Å². The molecule has 3 N–H and O–H groups in total. The SMILES string of the molecule is C#CCC(CC)NCC(C)C(N)=O. The molecule has 13 heavy (non-hydrogen) atoms. The van der Waals surface area contributed by atoms with Crippen molar-refractivity contribution < 1.29 is 4.79 Å². The Bertz CT molecular complexity index is 196. The molecule has 2 unspecified atom stereocenters. The summed E-state index contributed by atoms with van der Waals surface area (Å²) in [5.41, 5.74) is 5.12. The summed E-state index contributed by atoms with van der Waals surface area (Å²) >= 11 is 0. The Morgan fingerprint density at radius 3 is 2.69 bits per heavy atom. The molecule has 1 amide bonds. The summed E-state index contributed by atoms with van der Waals surface area (Å²) in [5, 5.41) is 3.21. The quantitative estimate of drug-likeness (QED) is 0.588. The zero-order valence-corrected chi connectivity index (χ0v) is 8.34. The smallest absolute Gasteiger partial charge is 0.221 e. The third kappa shape index (κ3) is 5.26. The van der Waals surface area contributed by atoms with Crippen LogP contribution < -0.4 is 11.1 Å². The molecule has 0 fully saturated rings. The summed E-state index contributed by atoms with van der Waals surface area (Å²) in [6.45, 7) is 4.47. The number of carbonyl (C=O) groups is 1. The molecule has 0 rings (SSSR count). The fourth-order valence-electron chi connectivity index (χ4n) is 0.947. The molecule has 0 bridgehead atoms. The first-order valence-electron chi connectivity index (χ1n) is 4.58. The fourth-order valence-corrected chi connectivity index (χ4v) is 0.947. The molecule has 0 heterocycles. The first kappa shape index (κ1) is 12.0. The molecule has 74 valence electrons. The second kappa shape index (κ2) is 6.50. The van der Waals surface area contributed by atoms with Crippen molar-refractivity contribution in [2.75, 3.05) is 6.54 Å². The molecule has 0 saturated heterocycles. The van der Waals surface area contributed by atoms with Gasteiger partial charge in [-0.15, -0.1) is 12.3 Å². The van der Waals surface area contributed by atoms with Crippen molar-refractivity contribution in [1.29, 1.82) is 0 Å². The maximum Gasteiger partial charge on any atom is 0.221 e. The molecule has 0 radical (unpaired) electrons. The molecular weight excluding hydrogens is 164 g/mol. The number of primary amides is 1. The van der Waals surface area contributed by atoms with Crippen LogP contribution in [0.3, 0.4) is 0 Å². The van der Waals surface area contributed by atoms with Crippen LogP contribution in [0.5, 0.6) is 0 Å². The fraction of sp³-hybridized carbons (Fsp3) is 0.700. The lowest BCUT2D eigenvalue weighted by Gasteiger charge is -2.16. The number of amides is 1. The van der Waals surface area contributed by atoms with E-state index >= 15 is 0 Å². The van der Waals surface area contributed by atoms with E-state index in [0.717, 1.165) is 6.42 Å². The Kier molecular flexibility index (Phi) is 5.99. The van der Waals surface area contributed by atoms with Crippen LogP contribution in [0.2, 0.25) is 0 Å². The minimum atomic E-state index is -0.275. The van der Waals surface area contributed by atoms with E-state index in [9.17, 15) is 4.79 Å². The van der Waals surface area contributed by atoms with Gasteiger partial charge in [-0.25, -0.2) is 0 Å². The van der Waals surface area contributed by atoms with E-state index in [1.54, 1.807) is 6.92 Å². The third-order valence-electron chi connectivity index (χ3n) is 2.06. The van der Waals surface area contributed by atoms with Gasteiger partial charge in [0, 0.05) is 24.9 Å². The molecular formula is C10H18N2O. The summed E-state index contributed by atoms with van der Waals surface area (Å²) in [4.78, 5) is 10.7. The van der Waals surface area contributed by atoms with Gasteiger partial charge in [0.25, 0.3) is 0 Å². The van der Waals surface area contributed by atoms with Crippen LogP contribution in [0.25, 0.3) is 0 Å². The highest BCUT2D eigenvalue weighted by atomic mass is 16.1. The Morgan fingerprint density at radius 1 is 1.69 bits per heavy atom. The average molecular weight is 182 g/mol. The number of rotatable bonds is 6. The van der Waals surface area contributed by atoms with Crippen molar-refractivity contribution >= 4 is 5.91 Å². The average Bonchev–Trinajstić information content (AvgIpc) is 2.11. The monoisotopic (exact) mass is 182 g/mol. The van der Waals surface area contributed by atoms with E-state index in [-0.39, 0.29) is 11.8 Å². The predicted molar refractivity (Wildman–Crippen MR) is 53.9 cm³/mol. The Labute approximate surface area is 80.1 Å². The third-order valence-corrected chi connectivity index (χ3v) is 2.06. The van der Waals surface area contributed by atoms with Gasteiger partial charge in [-0.3, -0.25) is 4.79 Å². The zero-order chi connectivity index (χ0) is 10.3. The summed E-state index contributed by atoms with van der Waals surface area (Å²) in [6.07, 6.45) is 6.85. The van der Waals surface area contributed by atoms with E-state index in [0.29, 0.717) is 19.0 Å². The molecule has 0 aliphatic rings. The molecule has 3 heteroatoms. The zero-order valence-electron chi connectivity index (χ0n) is 8.34. The molecule has 0 aromatic carbocycles. The highest BCUT2D eigenvalue weighted by Crippen LogP contribution is 1.98. The number of nitrogens with one attached hydrogen (secondary N) is 1. The van der Waals surface area contributed by atoms with E-state index in [1.807, 2.05) is 0 Å². The highest BCUT2D eigenvalue weighted by molar-refractivity contribution is 5.76. The number of carbonyl (C=O) groups excluding carboxylic acids is 1. The largest absolute Gasteiger partial charge is 0.369 e. The van der Waals surface area contributed by atoms with Crippen LogP contribution in [0.1, 0.15) is 26.7 Å². The lowest BCUT2D eigenvalue weighted by molar-refractivity contribution is -0.121. The molecule has 0 aliphatic carbocycles. The van der Waals surface area contributed by atoms with Gasteiger partial charge >= 0.3 is 0 Å². The van der Waals surface area contributed by atoms with Crippen LogP contribution in [-0.4, -0.2) is 18.5 Å². The van der Waals surface area contributed by atoms with Gasteiger partial charge in [-0.1, -0.05) is 13.8 Å². The maximum absolute atomic E-state index is 10.7. The standard InChI is InChI=1S/C10H18N2O/c1-4-6-9(5-2)12-7-8(3)10(11)13/h1,8-9,12H,5-7H2,2-3H3,(H2,11,13). The molecule has 0 aromatic rings. The molecule has 0 saturated carbocycles. The number of terminal acetylenes is 1. The predicted octanol–water partition coefficient (Wildman–Crippen LogP) is 0.499. The van der Waals surface area contributed by atoms with Crippen molar-refractivity contribution in [3.05, 3.63) is 0 Å². The molecule has 2 atom stereocenters. The van der Waals surface area contributed by atoms with Gasteiger partial charge in [0.15, 0.2) is 0 Å². The van der Waals surface area contributed by atoms with Crippen LogP contribution in [-0.2, 0) is 4.79 Å². The first-order chi connectivity index (χ1) is 6.11. The maximum atomic E-state index is 10.7. The van der Waals surface area contributed by atoms with Crippen LogP contribution in [0.15, 0.2) is 0 Å². The number of hydrogen-bond donors (Lipinski definition) is 2. The van der Waals surface area contributed by atoms with Gasteiger partial charge < -0.3 is 11.1 Å². The van der Waals surface area contributed by atoms with Crippen molar-refractivity contribution in [3.8, 4) is 12.3 Å². The molecule has 0 aliphatic heterocycles. The summed E-state index contributed by atoms with van der Waals surface area (Å²) in [5.74, 6) is 2.19. The second-order valence-corrected chi connectivity index (χ2v) is 3.23. The van der Waals surface area contributed by atoms with E-state index in [4.69, 9.17) is 12.2 Å². The van der Waals surface area contributed by atoms with Crippen molar-refractivity contribution in [2.24, 2.45) is 11.7 Å². The number of hydrogen-bond acceptors (Lipinski definition) is 2. The normalized spacial score (nSPS) is 14.5. The van der Waals surface area contributed by atoms with Gasteiger partial charge in [-0.05, 0) is 6.42 Å². The van der Waals surface area contributed by atoms with Crippen LogP contribution in [0.4, 0.5) is 0 Å². The van der Waals surface area contributed by atoms with Gasteiger partial charge in [0.1, 0.15) is 0 Å². The highest BCUT2D eigenvalue weighted by Gasteiger charge is 2.10. The minimum Gasteiger partial charge on any atom is -0.369 e. The molecule has 0 aromatic heterocycles. The van der Waals surface area contributed by atoms with Crippen molar-refractivity contribution in [2.45, 2.75) is 32.7 Å². The summed E-state index contributed by atoms with van der Waals surface area (Å²) in [6, 6.07) is 0.298. The van der Waals surface area contributed by atoms with Crippen LogP contribution >= 0.6 is 0 Å².